The number of carbonyl (C=O) groups excluding carboxylic acids is 1. The van der Waals surface area contributed by atoms with Crippen LogP contribution in [0.1, 0.15) is 31.4 Å². The van der Waals surface area contributed by atoms with Crippen molar-refractivity contribution in [1.29, 1.82) is 0 Å². The van der Waals surface area contributed by atoms with E-state index in [2.05, 4.69) is 58.5 Å². The summed E-state index contributed by atoms with van der Waals surface area (Å²) in [4.78, 5) is 16.7. The summed E-state index contributed by atoms with van der Waals surface area (Å²) in [5, 5.41) is 5.86. The van der Waals surface area contributed by atoms with Crippen LogP contribution in [0.15, 0.2) is 24.3 Å². The third kappa shape index (κ3) is 7.72. The normalized spacial score (nSPS) is 15.2. The minimum Gasteiger partial charge on any atom is -0.379 e. The number of nitrogens with one attached hydrogen (secondary N) is 2. The number of benzene rings is 1. The van der Waals surface area contributed by atoms with Gasteiger partial charge in [0.15, 0.2) is 0 Å². The van der Waals surface area contributed by atoms with Crippen LogP contribution in [0.3, 0.4) is 0 Å². The number of hydrogen-bond donors (Lipinski definition) is 2. The molecular formula is C20H34N4O2. The molecule has 1 aliphatic rings. The summed E-state index contributed by atoms with van der Waals surface area (Å²) in [7, 11) is 0. The van der Waals surface area contributed by atoms with Gasteiger partial charge in [0.2, 0.25) is 0 Å². The van der Waals surface area contributed by atoms with Crippen LogP contribution in [0, 0.1) is 0 Å². The van der Waals surface area contributed by atoms with Crippen molar-refractivity contribution in [1.82, 2.24) is 20.4 Å². The van der Waals surface area contributed by atoms with Gasteiger partial charge in [-0.1, -0.05) is 38.1 Å². The number of ether oxygens (including phenoxy) is 1. The van der Waals surface area contributed by atoms with E-state index in [1.54, 1.807) is 0 Å². The maximum Gasteiger partial charge on any atom is 0.315 e. The van der Waals surface area contributed by atoms with Crippen molar-refractivity contribution in [2.75, 3.05) is 52.5 Å². The van der Waals surface area contributed by atoms with Crippen LogP contribution in [0.2, 0.25) is 0 Å². The lowest BCUT2D eigenvalue weighted by atomic mass is 10.1. The SMILES string of the molecule is CCN(CC)Cc1ccc(CNC(=O)NCCCN2CCOCC2)cc1. The van der Waals surface area contributed by atoms with Gasteiger partial charge in [0.1, 0.15) is 0 Å². The molecule has 6 heteroatoms. The van der Waals surface area contributed by atoms with Gasteiger partial charge >= 0.3 is 6.03 Å². The Bertz CT molecular complexity index is 511. The van der Waals surface area contributed by atoms with Crippen LogP contribution in [0.25, 0.3) is 0 Å². The van der Waals surface area contributed by atoms with Gasteiger partial charge in [-0.2, -0.15) is 0 Å². The van der Waals surface area contributed by atoms with Crippen LogP contribution in [-0.4, -0.2) is 68.3 Å². The van der Waals surface area contributed by atoms with Crippen molar-refractivity contribution in [2.45, 2.75) is 33.4 Å². The Morgan fingerprint density at radius 3 is 2.38 bits per heavy atom. The molecule has 1 aromatic rings. The molecule has 0 aliphatic carbocycles. The van der Waals surface area contributed by atoms with Gasteiger partial charge in [-0.3, -0.25) is 9.80 Å². The van der Waals surface area contributed by atoms with Gasteiger partial charge in [-0.05, 0) is 37.2 Å². The summed E-state index contributed by atoms with van der Waals surface area (Å²) < 4.78 is 5.33. The highest BCUT2D eigenvalue weighted by atomic mass is 16.5. The number of urea groups is 1. The lowest BCUT2D eigenvalue weighted by Gasteiger charge is -2.26. The second kappa shape index (κ2) is 11.9. The molecule has 146 valence electrons. The summed E-state index contributed by atoms with van der Waals surface area (Å²) in [5.41, 5.74) is 2.43. The highest BCUT2D eigenvalue weighted by Gasteiger charge is 2.09. The summed E-state index contributed by atoms with van der Waals surface area (Å²) in [5.74, 6) is 0. The molecule has 0 radical (unpaired) electrons. The van der Waals surface area contributed by atoms with Gasteiger partial charge in [0.05, 0.1) is 13.2 Å². The summed E-state index contributed by atoms with van der Waals surface area (Å²) >= 11 is 0. The Kier molecular flexibility index (Phi) is 9.45. The number of carbonyl (C=O) groups is 1. The van der Waals surface area contributed by atoms with Crippen molar-refractivity contribution in [3.63, 3.8) is 0 Å². The predicted molar refractivity (Wildman–Crippen MR) is 105 cm³/mol. The van der Waals surface area contributed by atoms with Crippen molar-refractivity contribution >= 4 is 6.03 Å². The largest absolute Gasteiger partial charge is 0.379 e. The average Bonchev–Trinajstić information content (AvgIpc) is 2.69. The quantitative estimate of drug-likeness (QED) is 0.626. The second-order valence-corrected chi connectivity index (χ2v) is 6.69. The molecule has 0 saturated carbocycles. The topological polar surface area (TPSA) is 56.8 Å². The maximum atomic E-state index is 11.9. The van der Waals surface area contributed by atoms with Crippen molar-refractivity contribution < 1.29 is 9.53 Å². The van der Waals surface area contributed by atoms with E-state index in [-0.39, 0.29) is 6.03 Å². The molecule has 0 unspecified atom stereocenters. The fraction of sp³-hybridized carbons (Fsp3) is 0.650. The molecule has 0 spiro atoms. The lowest BCUT2D eigenvalue weighted by Crippen LogP contribution is -2.39. The van der Waals surface area contributed by atoms with E-state index in [4.69, 9.17) is 4.74 Å². The molecule has 0 bridgehead atoms. The Morgan fingerprint density at radius 1 is 1.08 bits per heavy atom. The van der Waals surface area contributed by atoms with E-state index in [0.29, 0.717) is 13.1 Å². The van der Waals surface area contributed by atoms with E-state index in [1.165, 1.54) is 5.56 Å². The fourth-order valence-electron chi connectivity index (χ4n) is 3.04. The van der Waals surface area contributed by atoms with Crippen molar-refractivity contribution in [3.8, 4) is 0 Å². The Balaban J connectivity index is 1.59. The van der Waals surface area contributed by atoms with Gasteiger partial charge in [-0.15, -0.1) is 0 Å². The smallest absolute Gasteiger partial charge is 0.315 e. The first kappa shape index (κ1) is 20.7. The minimum atomic E-state index is -0.0980. The Hall–Kier alpha value is -1.63. The van der Waals surface area contributed by atoms with Crippen LogP contribution in [-0.2, 0) is 17.8 Å². The van der Waals surface area contributed by atoms with E-state index in [1.807, 2.05) is 0 Å². The highest BCUT2D eigenvalue weighted by molar-refractivity contribution is 5.73. The first-order valence-corrected chi connectivity index (χ1v) is 9.83. The standard InChI is InChI=1S/C20H34N4O2/c1-3-23(4-2)17-19-8-6-18(7-9-19)16-22-20(25)21-10-5-11-24-12-14-26-15-13-24/h6-9H,3-5,10-17H2,1-2H3,(H2,21,22,25). The molecule has 2 rings (SSSR count). The van der Waals surface area contributed by atoms with Gasteiger partial charge < -0.3 is 15.4 Å². The monoisotopic (exact) mass is 362 g/mol. The zero-order chi connectivity index (χ0) is 18.6. The molecule has 0 atom stereocenters. The van der Waals surface area contributed by atoms with Crippen LogP contribution in [0.4, 0.5) is 4.79 Å². The molecule has 0 aromatic heterocycles. The molecule has 1 aromatic carbocycles. The number of morpholine rings is 1. The molecule has 6 nitrogen and oxygen atoms in total. The molecule has 1 heterocycles. The lowest BCUT2D eigenvalue weighted by molar-refractivity contribution is 0.0375. The van der Waals surface area contributed by atoms with Crippen molar-refractivity contribution in [2.24, 2.45) is 0 Å². The summed E-state index contributed by atoms with van der Waals surface area (Å²) in [6.07, 6.45) is 0.966. The summed E-state index contributed by atoms with van der Waals surface area (Å²) in [6.45, 7) is 13.4. The van der Waals surface area contributed by atoms with Crippen molar-refractivity contribution in [3.05, 3.63) is 35.4 Å². The zero-order valence-electron chi connectivity index (χ0n) is 16.3. The molecule has 1 fully saturated rings. The number of hydrogen-bond acceptors (Lipinski definition) is 4. The molecular weight excluding hydrogens is 328 g/mol. The fourth-order valence-corrected chi connectivity index (χ4v) is 3.04. The molecule has 26 heavy (non-hydrogen) atoms. The Morgan fingerprint density at radius 2 is 1.73 bits per heavy atom. The number of amides is 2. The Labute approximate surface area is 157 Å². The van der Waals surface area contributed by atoms with Gasteiger partial charge in [-0.25, -0.2) is 4.79 Å². The van der Waals surface area contributed by atoms with E-state index in [0.717, 1.165) is 64.5 Å². The van der Waals surface area contributed by atoms with Crippen LogP contribution >= 0.6 is 0 Å². The van der Waals surface area contributed by atoms with Gasteiger partial charge in [0, 0.05) is 32.7 Å². The maximum absolute atomic E-state index is 11.9. The molecule has 1 aliphatic heterocycles. The average molecular weight is 363 g/mol. The first-order valence-electron chi connectivity index (χ1n) is 9.83. The minimum absolute atomic E-state index is 0.0980. The van der Waals surface area contributed by atoms with E-state index in [9.17, 15) is 4.79 Å². The first-order chi connectivity index (χ1) is 12.7. The van der Waals surface area contributed by atoms with Gasteiger partial charge in [0.25, 0.3) is 0 Å². The third-order valence-electron chi connectivity index (χ3n) is 4.82. The van der Waals surface area contributed by atoms with Crippen LogP contribution in [0.5, 0.6) is 0 Å². The molecule has 2 amide bonds. The van der Waals surface area contributed by atoms with E-state index >= 15 is 0 Å². The molecule has 1 saturated heterocycles. The van der Waals surface area contributed by atoms with Crippen LogP contribution < -0.4 is 10.6 Å². The summed E-state index contributed by atoms with van der Waals surface area (Å²) in [6, 6.07) is 8.39. The number of rotatable bonds is 10. The second-order valence-electron chi connectivity index (χ2n) is 6.69. The number of nitrogens with zero attached hydrogens (tertiary/aromatic N) is 2. The van der Waals surface area contributed by atoms with E-state index < -0.39 is 0 Å². The third-order valence-corrected chi connectivity index (χ3v) is 4.82. The zero-order valence-corrected chi connectivity index (χ0v) is 16.3. The molecule has 2 N–H and O–H groups in total. The predicted octanol–water partition coefficient (Wildman–Crippen LogP) is 2.05. The highest BCUT2D eigenvalue weighted by Crippen LogP contribution is 2.07.